The van der Waals surface area contributed by atoms with Gasteiger partial charge in [-0.3, -0.25) is 0 Å². The Balaban J connectivity index is 1.79. The number of nitrogens with zero attached hydrogens (tertiary/aromatic N) is 2. The average Bonchev–Trinajstić information content (AvgIpc) is 3.31. The molecule has 3 heterocycles. The largest absolute Gasteiger partial charge is 0.465 e. The van der Waals surface area contributed by atoms with E-state index in [1.54, 1.807) is 35.7 Å². The Morgan fingerprint density at radius 2 is 2.19 bits per heavy atom. The third-order valence-corrected chi connectivity index (χ3v) is 5.02. The molecule has 0 atom stereocenters. The average molecular weight is 425 g/mol. The molecule has 0 saturated heterocycles. The van der Waals surface area contributed by atoms with Gasteiger partial charge in [0.25, 0.3) is 0 Å². The summed E-state index contributed by atoms with van der Waals surface area (Å²) in [5, 5.41) is 12.4. The number of hydrogen-bond acceptors (Lipinski definition) is 6. The van der Waals surface area contributed by atoms with E-state index < -0.39 is 5.63 Å². The second kappa shape index (κ2) is 6.75. The molecule has 5 nitrogen and oxygen atoms in total. The summed E-state index contributed by atoms with van der Waals surface area (Å²) in [5.74, 6) is 0.563. The second-order valence-electron chi connectivity index (χ2n) is 5.35. The number of rotatable bonds is 3. The van der Waals surface area contributed by atoms with E-state index >= 15 is 0 Å². The van der Waals surface area contributed by atoms with E-state index in [0.717, 1.165) is 9.86 Å². The Labute approximate surface area is 160 Å². The molecule has 7 heteroatoms. The summed E-state index contributed by atoms with van der Waals surface area (Å²) in [6.45, 7) is 0. The van der Waals surface area contributed by atoms with Crippen molar-refractivity contribution >= 4 is 49.9 Å². The van der Waals surface area contributed by atoms with Crippen LogP contribution in [0.5, 0.6) is 0 Å². The topological polar surface area (TPSA) is 80.0 Å². The predicted octanol–water partition coefficient (Wildman–Crippen LogP) is 5.34. The van der Waals surface area contributed by atoms with E-state index in [2.05, 4.69) is 27.0 Å². The van der Waals surface area contributed by atoms with E-state index in [4.69, 9.17) is 8.83 Å². The molecule has 26 heavy (non-hydrogen) atoms. The number of halogens is 1. The van der Waals surface area contributed by atoms with Crippen LogP contribution in [-0.4, -0.2) is 4.98 Å². The van der Waals surface area contributed by atoms with E-state index in [9.17, 15) is 10.1 Å². The summed E-state index contributed by atoms with van der Waals surface area (Å²) in [4.78, 5) is 16.8. The van der Waals surface area contributed by atoms with Gasteiger partial charge in [-0.15, -0.1) is 11.3 Å². The van der Waals surface area contributed by atoms with Crippen LogP contribution in [0.2, 0.25) is 0 Å². The minimum absolute atomic E-state index is 0.355. The van der Waals surface area contributed by atoms with Gasteiger partial charge in [-0.2, -0.15) is 5.26 Å². The van der Waals surface area contributed by atoms with Crippen molar-refractivity contribution in [3.05, 3.63) is 73.7 Å². The van der Waals surface area contributed by atoms with E-state index in [0.29, 0.717) is 33.2 Å². The van der Waals surface area contributed by atoms with Crippen LogP contribution in [0.25, 0.3) is 33.9 Å². The van der Waals surface area contributed by atoms with Gasteiger partial charge in [0.2, 0.25) is 0 Å². The molecule has 4 rings (SSSR count). The van der Waals surface area contributed by atoms with Crippen LogP contribution in [-0.2, 0) is 0 Å². The Kier molecular flexibility index (Phi) is 4.29. The molecule has 0 bridgehead atoms. The van der Waals surface area contributed by atoms with Crippen molar-refractivity contribution in [2.45, 2.75) is 0 Å². The Bertz CT molecular complexity index is 1230. The van der Waals surface area contributed by atoms with Gasteiger partial charge in [0.1, 0.15) is 22.4 Å². The first-order valence-electron chi connectivity index (χ1n) is 7.49. The second-order valence-corrected chi connectivity index (χ2v) is 7.13. The molecule has 3 aromatic heterocycles. The first kappa shape index (κ1) is 16.5. The maximum atomic E-state index is 12.3. The van der Waals surface area contributed by atoms with Crippen molar-refractivity contribution in [1.29, 1.82) is 5.26 Å². The molecule has 0 aliphatic carbocycles. The number of hydrogen-bond donors (Lipinski definition) is 0. The number of furan rings is 1. The van der Waals surface area contributed by atoms with Crippen LogP contribution in [0.3, 0.4) is 0 Å². The standard InChI is InChI=1S/C19H9BrN2O3S/c20-13-3-4-17-11(6-13)8-15(19(23)25-17)16-10-26-18(22-16)12(9-21)7-14-2-1-5-24-14/h1-8,10H/b12-7-. The molecule has 0 amide bonds. The van der Waals surface area contributed by atoms with Crippen LogP contribution >= 0.6 is 27.3 Å². The van der Waals surface area contributed by atoms with E-state index in [-0.39, 0.29) is 0 Å². The Morgan fingerprint density at radius 3 is 2.96 bits per heavy atom. The minimum Gasteiger partial charge on any atom is -0.465 e. The number of nitriles is 1. The fourth-order valence-corrected chi connectivity index (χ4v) is 3.62. The summed E-state index contributed by atoms with van der Waals surface area (Å²) >= 11 is 4.69. The lowest BCUT2D eigenvalue weighted by Gasteiger charge is -2.00. The normalized spacial score (nSPS) is 11.6. The van der Waals surface area contributed by atoms with Crippen molar-refractivity contribution in [2.75, 3.05) is 0 Å². The molecule has 4 aromatic rings. The zero-order valence-corrected chi connectivity index (χ0v) is 15.5. The predicted molar refractivity (Wildman–Crippen MR) is 103 cm³/mol. The van der Waals surface area contributed by atoms with Gasteiger partial charge >= 0.3 is 5.63 Å². The summed E-state index contributed by atoms with van der Waals surface area (Å²) in [7, 11) is 0. The molecule has 1 aromatic carbocycles. The molecule has 0 radical (unpaired) electrons. The van der Waals surface area contributed by atoms with Crippen molar-refractivity contribution in [3.63, 3.8) is 0 Å². The maximum Gasteiger partial charge on any atom is 0.345 e. The zero-order valence-electron chi connectivity index (χ0n) is 13.1. The number of benzene rings is 1. The van der Waals surface area contributed by atoms with Crippen molar-refractivity contribution in [3.8, 4) is 17.3 Å². The lowest BCUT2D eigenvalue weighted by Crippen LogP contribution is -2.02. The lowest BCUT2D eigenvalue weighted by molar-refractivity contribution is 0.557. The lowest BCUT2D eigenvalue weighted by atomic mass is 10.1. The molecule has 0 spiro atoms. The number of aromatic nitrogens is 1. The minimum atomic E-state index is -0.467. The maximum absolute atomic E-state index is 12.3. The molecular formula is C19H9BrN2O3S. The summed E-state index contributed by atoms with van der Waals surface area (Å²) < 4.78 is 11.5. The third-order valence-electron chi connectivity index (χ3n) is 3.66. The van der Waals surface area contributed by atoms with Crippen LogP contribution in [0, 0.1) is 11.3 Å². The quantitative estimate of drug-likeness (QED) is 0.327. The van der Waals surface area contributed by atoms with Gasteiger partial charge in [0.15, 0.2) is 0 Å². The Morgan fingerprint density at radius 1 is 1.31 bits per heavy atom. The van der Waals surface area contributed by atoms with Gasteiger partial charge in [0, 0.05) is 21.3 Å². The van der Waals surface area contributed by atoms with Crippen LogP contribution in [0.1, 0.15) is 10.8 Å². The monoisotopic (exact) mass is 424 g/mol. The molecule has 126 valence electrons. The fourth-order valence-electron chi connectivity index (χ4n) is 2.45. The zero-order chi connectivity index (χ0) is 18.1. The van der Waals surface area contributed by atoms with E-state index in [1.807, 2.05) is 12.1 Å². The first-order chi connectivity index (χ1) is 12.6. The third kappa shape index (κ3) is 3.12. The van der Waals surface area contributed by atoms with E-state index in [1.165, 1.54) is 17.6 Å². The van der Waals surface area contributed by atoms with Crippen molar-refractivity contribution in [2.24, 2.45) is 0 Å². The molecule has 0 unspecified atom stereocenters. The molecule has 0 aliphatic heterocycles. The van der Waals surface area contributed by atoms with Gasteiger partial charge in [-0.1, -0.05) is 15.9 Å². The summed E-state index contributed by atoms with van der Waals surface area (Å²) in [5.41, 5.74) is 1.23. The molecule has 0 fully saturated rings. The number of fused-ring (bicyclic) bond motifs is 1. The molecule has 0 N–H and O–H groups in total. The molecular weight excluding hydrogens is 416 g/mol. The number of allylic oxidation sites excluding steroid dienone is 1. The van der Waals surface area contributed by atoms with Gasteiger partial charge in [-0.25, -0.2) is 9.78 Å². The van der Waals surface area contributed by atoms with Gasteiger partial charge in [0.05, 0.1) is 23.1 Å². The summed E-state index contributed by atoms with van der Waals surface area (Å²) in [6.07, 6.45) is 3.15. The highest BCUT2D eigenvalue weighted by molar-refractivity contribution is 9.10. The first-order valence-corrected chi connectivity index (χ1v) is 9.16. The summed E-state index contributed by atoms with van der Waals surface area (Å²) in [6, 6.07) is 12.8. The molecule has 0 aliphatic rings. The van der Waals surface area contributed by atoms with Crippen LogP contribution in [0.4, 0.5) is 0 Å². The molecule has 0 saturated carbocycles. The fraction of sp³-hybridized carbons (Fsp3) is 0. The highest BCUT2D eigenvalue weighted by atomic mass is 79.9. The highest BCUT2D eigenvalue weighted by Crippen LogP contribution is 2.28. The van der Waals surface area contributed by atoms with Crippen LogP contribution in [0.15, 0.2) is 66.1 Å². The van der Waals surface area contributed by atoms with Crippen LogP contribution < -0.4 is 5.63 Å². The SMILES string of the molecule is N#C/C(=C/c1ccco1)c1nc(-c2cc3cc(Br)ccc3oc2=O)cs1. The number of thiazole rings is 1. The highest BCUT2D eigenvalue weighted by Gasteiger charge is 2.14. The van der Waals surface area contributed by atoms with Gasteiger partial charge < -0.3 is 8.83 Å². The van der Waals surface area contributed by atoms with Crippen molar-refractivity contribution < 1.29 is 8.83 Å². The smallest absolute Gasteiger partial charge is 0.345 e. The van der Waals surface area contributed by atoms with Crippen molar-refractivity contribution in [1.82, 2.24) is 4.98 Å². The van der Waals surface area contributed by atoms with Gasteiger partial charge in [-0.05, 0) is 36.4 Å². The Hall–Kier alpha value is -2.95.